The van der Waals surface area contributed by atoms with Crippen LogP contribution in [0.1, 0.15) is 260 Å². The number of benzene rings is 5. The van der Waals surface area contributed by atoms with Crippen LogP contribution < -0.4 is 67.1 Å². The third kappa shape index (κ3) is 27.2. The minimum atomic E-state index is -0.729. The number of imide groups is 3. The molecule has 11 amide bonds. The van der Waals surface area contributed by atoms with Crippen LogP contribution in [0.3, 0.4) is 0 Å². The zero-order valence-corrected chi connectivity index (χ0v) is 86.3. The van der Waals surface area contributed by atoms with Crippen LogP contribution in [0.2, 0.25) is 10.0 Å². The number of pyridine rings is 2. The fraction of sp³-hybridized carbons (Fsp3) is 0.505. The summed E-state index contributed by atoms with van der Waals surface area (Å²) in [6, 6.07) is 25.9. The van der Waals surface area contributed by atoms with Gasteiger partial charge in [0.25, 0.3) is 29.5 Å². The van der Waals surface area contributed by atoms with Gasteiger partial charge >= 0.3 is 0 Å². The summed E-state index contributed by atoms with van der Waals surface area (Å²) in [5, 5.41) is 44.5. The quantitative estimate of drug-likeness (QED) is 0.00763. The number of amides is 11. The highest BCUT2D eigenvalue weighted by atomic mass is 35.5. The Labute approximate surface area is 884 Å². The second kappa shape index (κ2) is 51.5. The number of ether oxygens (including phenoxy) is 2. The molecule has 7 aromatic rings. The summed E-state index contributed by atoms with van der Waals surface area (Å²) in [6.45, 7) is 34.7. The van der Waals surface area contributed by atoms with Crippen molar-refractivity contribution < 1.29 is 85.3 Å². The Balaban J connectivity index is 0.000000200. The molecule has 2 saturated carbocycles. The number of nitrogens with one attached hydrogen (secondary N) is 9. The van der Waals surface area contributed by atoms with Crippen molar-refractivity contribution in [2.24, 2.45) is 21.7 Å². The summed E-state index contributed by atoms with van der Waals surface area (Å²) in [7, 11) is 0. The van der Waals surface area contributed by atoms with Crippen molar-refractivity contribution >= 4 is 141 Å². The van der Waals surface area contributed by atoms with Crippen molar-refractivity contribution in [3.8, 4) is 17.6 Å². The van der Waals surface area contributed by atoms with Crippen molar-refractivity contribution in [1.29, 1.82) is 5.26 Å². The van der Waals surface area contributed by atoms with Gasteiger partial charge in [0.15, 0.2) is 0 Å². The molecule has 0 bridgehead atoms. The van der Waals surface area contributed by atoms with E-state index in [2.05, 4.69) is 139 Å². The maximum Gasteiger partial charge on any atom is 0.255 e. The monoisotopic (exact) mass is 2110 g/mol. The first-order chi connectivity index (χ1) is 69.8. The van der Waals surface area contributed by atoms with E-state index >= 15 is 0 Å². The van der Waals surface area contributed by atoms with Crippen LogP contribution in [-0.4, -0.2) is 234 Å². The summed E-state index contributed by atoms with van der Waals surface area (Å²) in [4.78, 5) is 169. The van der Waals surface area contributed by atoms with E-state index in [1.54, 1.807) is 67.0 Å². The van der Waals surface area contributed by atoms with Gasteiger partial charge in [0, 0.05) is 193 Å². The fourth-order valence-electron chi connectivity index (χ4n) is 21.9. The molecule has 0 radical (unpaired) electrons. The third-order valence-corrected chi connectivity index (χ3v) is 29.9. The first kappa shape index (κ1) is 116. The van der Waals surface area contributed by atoms with Gasteiger partial charge in [-0.1, -0.05) is 132 Å². The Morgan fingerprint density at radius 2 is 0.886 bits per heavy atom. The predicted molar refractivity (Wildman–Crippen MR) is 565 cm³/mol. The number of unbranched alkanes of at least 4 members (excludes halogenated alkanes) is 9. The molecular formula is C109H137Cl3F3N19O15. The molecule has 10 heterocycles. The van der Waals surface area contributed by atoms with Crippen LogP contribution in [-0.2, 0) is 53.2 Å². The Hall–Kier alpha value is -13.0. The first-order valence-electron chi connectivity index (χ1n) is 50.2. The number of aliphatic hydroxyl groups is 1. The van der Waals surface area contributed by atoms with Crippen molar-refractivity contribution in [3.63, 3.8) is 0 Å². The predicted octanol–water partition coefficient (Wildman–Crippen LogP) is 15.2. The smallest absolute Gasteiger partial charge is 0.255 e. The third-order valence-electron chi connectivity index (χ3n) is 29.3. The summed E-state index contributed by atoms with van der Waals surface area (Å²) in [5.74, 6) is -2.49. The highest BCUT2D eigenvalue weighted by Crippen LogP contribution is 2.57. The molecule has 2 aliphatic carbocycles. The van der Waals surface area contributed by atoms with Crippen LogP contribution in [0, 0.1) is 57.0 Å². The molecule has 8 aliphatic heterocycles. The molecule has 5 aromatic carbocycles. The molecule has 34 nitrogen and oxygen atoms in total. The van der Waals surface area contributed by atoms with Crippen molar-refractivity contribution in [1.82, 2.24) is 61.5 Å². The Kier molecular flexibility index (Phi) is 40.1. The lowest BCUT2D eigenvalue weighted by molar-refractivity contribution is -0.164. The van der Waals surface area contributed by atoms with E-state index in [1.807, 2.05) is 24.3 Å². The number of hydrogen-bond acceptors (Lipinski definition) is 25. The van der Waals surface area contributed by atoms with E-state index in [9.17, 15) is 76.0 Å². The van der Waals surface area contributed by atoms with E-state index in [1.165, 1.54) is 32.9 Å². The molecule has 3 atom stereocenters. The van der Waals surface area contributed by atoms with Gasteiger partial charge in [-0.25, -0.2) is 28.0 Å². The Morgan fingerprint density at radius 3 is 1.24 bits per heavy atom. The number of piperidine rings is 3. The number of fused-ring (bicyclic) bond motifs is 3. The molecule has 3 unspecified atom stereocenters. The van der Waals surface area contributed by atoms with E-state index in [4.69, 9.17) is 44.4 Å². The van der Waals surface area contributed by atoms with Gasteiger partial charge in [0.1, 0.15) is 83.3 Å². The average Bonchev–Trinajstić information content (AvgIpc) is 1.53. The lowest BCUT2D eigenvalue weighted by Gasteiger charge is -2.63. The molecule has 2 aromatic heterocycles. The van der Waals surface area contributed by atoms with Crippen LogP contribution in [0.15, 0.2) is 109 Å². The normalized spacial score (nSPS) is 20.9. The fourth-order valence-corrected chi connectivity index (χ4v) is 22.3. The summed E-state index contributed by atoms with van der Waals surface area (Å²) >= 11 is 12.4. The number of aldehydes is 1. The number of aliphatic hydroxyl groups excluding tert-OH is 1. The number of aromatic nitrogens is 2. The molecule has 10 aliphatic rings. The maximum atomic E-state index is 14.9. The minimum absolute atomic E-state index is 0. The minimum Gasteiger partial charge on any atom is -0.489 e. The molecule has 800 valence electrons. The van der Waals surface area contributed by atoms with Gasteiger partial charge in [-0.15, -0.1) is 12.4 Å². The molecule has 149 heavy (non-hydrogen) atoms. The number of carbonyl (C=O) groups excluding carboxylic acids is 12. The number of nitriles is 1. The van der Waals surface area contributed by atoms with E-state index in [-0.39, 0.29) is 202 Å². The van der Waals surface area contributed by atoms with Crippen LogP contribution in [0.5, 0.6) is 11.5 Å². The maximum absolute atomic E-state index is 14.9. The molecular weight excluding hydrogens is 1980 g/mol. The lowest BCUT2D eigenvalue weighted by atomic mass is 9.49. The molecule has 10 N–H and O–H groups in total. The van der Waals surface area contributed by atoms with Gasteiger partial charge in [-0.3, -0.25) is 73.6 Å². The van der Waals surface area contributed by atoms with Crippen LogP contribution >= 0.6 is 35.6 Å². The highest BCUT2D eigenvalue weighted by Gasteiger charge is 2.66. The average molecular weight is 2120 g/mol. The largest absolute Gasteiger partial charge is 0.489 e. The van der Waals surface area contributed by atoms with E-state index < -0.39 is 53.3 Å². The number of hydrogen-bond donors (Lipinski definition) is 10. The van der Waals surface area contributed by atoms with Crippen molar-refractivity contribution in [2.75, 3.05) is 111 Å². The molecule has 17 rings (SSSR count). The van der Waals surface area contributed by atoms with Gasteiger partial charge in [0.2, 0.25) is 41.1 Å². The number of rotatable bonds is 35. The summed E-state index contributed by atoms with van der Waals surface area (Å²) in [5.41, 5.74) is 4.31. The van der Waals surface area contributed by atoms with Crippen LogP contribution in [0.4, 0.5) is 47.6 Å². The zero-order valence-electron chi connectivity index (χ0n) is 84.0. The van der Waals surface area contributed by atoms with Crippen molar-refractivity contribution in [2.45, 2.75) is 248 Å². The number of halogens is 6. The molecule has 40 heteroatoms. The van der Waals surface area contributed by atoms with Crippen LogP contribution in [0.25, 0.3) is 4.85 Å². The topological polar surface area (TPSA) is 425 Å². The second-order valence-electron chi connectivity index (χ2n) is 41.0. The van der Waals surface area contributed by atoms with E-state index in [0.717, 1.165) is 147 Å². The lowest BCUT2D eigenvalue weighted by Crippen LogP contribution is -2.74. The highest BCUT2D eigenvalue weighted by molar-refractivity contribution is 6.33. The van der Waals surface area contributed by atoms with Crippen molar-refractivity contribution in [3.05, 3.63) is 198 Å². The Bertz CT molecular complexity index is 6120. The number of anilines is 5. The number of nitrogens with zero attached hydrogens (tertiary/aromatic N) is 10. The van der Waals surface area contributed by atoms with E-state index in [0.29, 0.717) is 104 Å². The Morgan fingerprint density at radius 1 is 0.510 bits per heavy atom. The molecule has 5 saturated heterocycles. The van der Waals surface area contributed by atoms with Gasteiger partial charge in [0.05, 0.1) is 50.4 Å². The zero-order chi connectivity index (χ0) is 105. The number of carbonyl (C=O) groups is 12. The standard InChI is InChI=1S/C44H52ClFN8O5.C25H30ClN5O2.C19H24FN3O4.C19H22FN3O4.2CH4.ClH/c1-43(2)41(44(3,4)42(43)59-30-11-9-27(24-47)32(45)22-30)51-38(56)28-10-13-36(49-25-28)53-19-17-52(18-20-53)16-8-6-5-7-15-48-34-21-29-26-54(40(58)31(29)23-33(34)46)35-12-14-37(55)50-39(35)57;1-24(2)22(25(3,4)23(24)33-17-7-8-19(27-5)18(26)14-17)30-21(32)16-6-9-20(29-15-16)31-12-10-28-11-13-31;2*20-14-10-13-12(9-15(14)21-7-3-1-2-4-8-24)11-23(19(13)27)16-5-6-17(25)22-18(16)26;;;/h9-11,13,21-23,25,35,41-42,48H,5-8,12,14-20,26H2,1-4H3,(H,51,56)(H,50,55,57);6-9,14-15,22-23,28H,10-13H2,1-4H3,(H,30,32);9-10,16,21,24H,1-8,11H2,(H,22,25,26);8-10,16,21H,1-7,11H2,(H,22,25,26);2*1H4;1H. The van der Waals surface area contributed by atoms with Gasteiger partial charge in [-0.2, -0.15) is 5.26 Å². The molecule has 7 fully saturated rings. The van der Waals surface area contributed by atoms with Gasteiger partial charge < -0.3 is 75.8 Å². The van der Waals surface area contributed by atoms with Gasteiger partial charge in [-0.05, 0) is 166 Å². The first-order valence-corrected chi connectivity index (χ1v) is 50.9. The SMILES string of the molecule is C.C.CC1(C)C(NC(=O)c2ccc(N3CCN(CCCCCCNc4cc5c(cc4F)C(=O)N(C4CCC(=O)NC4=O)C5)CC3)nc2)C(C)(C)C1Oc1ccc(C#N)c(Cl)c1.Cl.O=C1CCC(N2Cc3cc(NCCCCCCO)c(F)cc3C2=O)C(=O)N1.O=CCCCCCNc1cc2c(cc1F)C(=O)N(C1CCC(=O)NC1=O)C2.[C-]#[N+]c1ccc(OC2C(C)(C)C(NC(=O)c3ccc(N4CCNCC4)nc3)C2(C)C)cc1Cl. The summed E-state index contributed by atoms with van der Waals surface area (Å²) in [6.07, 6.45) is 15.8. The molecule has 0 spiro atoms. The second-order valence-corrected chi connectivity index (χ2v) is 41.8. The number of piperazine rings is 2. The summed E-state index contributed by atoms with van der Waals surface area (Å²) < 4.78 is 56.3.